The maximum atomic E-state index is 6.92. The Hall–Kier alpha value is -4.93. The summed E-state index contributed by atoms with van der Waals surface area (Å²) in [4.78, 5) is 15.6. The van der Waals surface area contributed by atoms with Crippen LogP contribution in [0, 0.1) is 6.92 Å². The zero-order chi connectivity index (χ0) is 78.9. The molecule has 11 heteroatoms. The summed E-state index contributed by atoms with van der Waals surface area (Å²) >= 11 is 0. The number of nitrogens with one attached hydrogen (secondary N) is 2. The normalized spacial score (nSPS) is 11.5. The fraction of sp³-hybridized carbons (Fsp3) is 0.790. The van der Waals surface area contributed by atoms with Crippen LogP contribution in [0.5, 0.6) is 34.5 Å². The first-order valence-electron chi connectivity index (χ1n) is 48.4. The van der Waals surface area contributed by atoms with Crippen molar-refractivity contribution >= 4 is 23.3 Å². The average Bonchev–Trinajstić information content (AvgIpc) is 0.814. The van der Waals surface area contributed by atoms with Gasteiger partial charge >= 0.3 is 0 Å². The summed E-state index contributed by atoms with van der Waals surface area (Å²) in [5, 5.41) is 7.40. The Morgan fingerprint density at radius 1 is 0.216 bits per heavy atom. The van der Waals surface area contributed by atoms with Crippen LogP contribution in [-0.2, 0) is 0 Å². The number of ether oxygens (including phenoxy) is 6. The molecule has 3 aromatic carbocycles. The van der Waals surface area contributed by atoms with Gasteiger partial charge in [0.05, 0.1) is 39.6 Å². The van der Waals surface area contributed by atoms with Crippen LogP contribution in [0.25, 0.3) is 11.4 Å². The van der Waals surface area contributed by atoms with E-state index in [-0.39, 0.29) is 0 Å². The first-order chi connectivity index (χ1) is 54.9. The molecular formula is C100H175N5O6. The summed E-state index contributed by atoms with van der Waals surface area (Å²) in [5.74, 6) is 5.54. The lowest BCUT2D eigenvalue weighted by Gasteiger charge is -2.20. The van der Waals surface area contributed by atoms with E-state index in [9.17, 15) is 0 Å². The molecule has 636 valence electrons. The third kappa shape index (κ3) is 53.0. The highest BCUT2D eigenvalue weighted by Crippen LogP contribution is 2.44. The Labute approximate surface area is 685 Å². The molecule has 0 radical (unpaired) electrons. The molecule has 4 rings (SSSR count). The van der Waals surface area contributed by atoms with Crippen LogP contribution in [0.15, 0.2) is 48.5 Å². The minimum atomic E-state index is 0.401. The molecule has 4 aromatic rings. The van der Waals surface area contributed by atoms with Crippen molar-refractivity contribution in [2.45, 2.75) is 472 Å². The number of anilines is 4. The van der Waals surface area contributed by atoms with E-state index in [2.05, 4.69) is 108 Å². The van der Waals surface area contributed by atoms with Gasteiger partial charge in [-0.1, -0.05) is 457 Å². The molecule has 0 aliphatic carbocycles. The van der Waals surface area contributed by atoms with E-state index in [1.807, 2.05) is 0 Å². The van der Waals surface area contributed by atoms with Gasteiger partial charge in [0.1, 0.15) is 0 Å². The second kappa shape index (κ2) is 72.7. The summed E-state index contributed by atoms with van der Waals surface area (Å²) in [5.41, 5.74) is 3.60. The predicted octanol–water partition coefficient (Wildman–Crippen LogP) is 33.5. The van der Waals surface area contributed by atoms with Gasteiger partial charge in [-0.05, 0) is 45.4 Å². The van der Waals surface area contributed by atoms with Crippen molar-refractivity contribution in [1.82, 2.24) is 15.0 Å². The molecule has 0 saturated carbocycles. The summed E-state index contributed by atoms with van der Waals surface area (Å²) in [6.07, 6.45) is 84.6. The predicted molar refractivity (Wildman–Crippen MR) is 481 cm³/mol. The minimum Gasteiger partial charge on any atom is -0.489 e. The highest BCUT2D eigenvalue weighted by molar-refractivity contribution is 5.70. The summed E-state index contributed by atoms with van der Waals surface area (Å²) in [6, 6.07) is 16.8. The SMILES string of the molecule is CCCCCCCCCCCCCOc1cc(Nc2nc(Nc3cc(OCCCCCCCCCCCCC)c(OCCCCCCCCCCCCC)c(OCCCCCCCCCCCCC)c3)nc(-c3ccc(C)cc3)n2)cc(OCCCCCCCCCCCCC)c1OCCCCCCCCCCCCC. The third-order valence-corrected chi connectivity index (χ3v) is 22.5. The number of hydrogen-bond donors (Lipinski definition) is 2. The molecular weight excluding hydrogens is 1370 g/mol. The minimum absolute atomic E-state index is 0.401. The van der Waals surface area contributed by atoms with E-state index in [4.69, 9.17) is 43.4 Å². The summed E-state index contributed by atoms with van der Waals surface area (Å²) < 4.78 is 41.5. The van der Waals surface area contributed by atoms with E-state index in [1.54, 1.807) is 0 Å². The number of benzene rings is 3. The van der Waals surface area contributed by atoms with Gasteiger partial charge in [0, 0.05) is 41.2 Å². The average molecular weight is 1540 g/mol. The molecule has 1 heterocycles. The zero-order valence-electron chi connectivity index (χ0n) is 73.8. The highest BCUT2D eigenvalue weighted by Gasteiger charge is 2.21. The molecule has 0 unspecified atom stereocenters. The second-order valence-electron chi connectivity index (χ2n) is 33.3. The van der Waals surface area contributed by atoms with Crippen molar-refractivity contribution in [2.75, 3.05) is 50.3 Å². The van der Waals surface area contributed by atoms with Crippen LogP contribution in [-0.4, -0.2) is 54.6 Å². The number of rotatable bonds is 83. The van der Waals surface area contributed by atoms with Gasteiger partial charge in [-0.15, -0.1) is 0 Å². The van der Waals surface area contributed by atoms with E-state index in [0.29, 0.717) is 91.9 Å². The van der Waals surface area contributed by atoms with Gasteiger partial charge in [0.25, 0.3) is 0 Å². The molecule has 0 amide bonds. The fourth-order valence-electron chi connectivity index (χ4n) is 15.3. The van der Waals surface area contributed by atoms with Gasteiger partial charge in [-0.3, -0.25) is 0 Å². The lowest BCUT2D eigenvalue weighted by Crippen LogP contribution is -2.09. The molecule has 0 fully saturated rings. The fourth-order valence-corrected chi connectivity index (χ4v) is 15.3. The van der Waals surface area contributed by atoms with E-state index in [1.165, 1.54) is 352 Å². The van der Waals surface area contributed by atoms with Crippen molar-refractivity contribution < 1.29 is 28.4 Å². The Morgan fingerprint density at radius 3 is 0.595 bits per heavy atom. The van der Waals surface area contributed by atoms with Gasteiger partial charge in [0.2, 0.25) is 23.4 Å². The van der Waals surface area contributed by atoms with Crippen molar-refractivity contribution in [3.63, 3.8) is 0 Å². The molecule has 111 heavy (non-hydrogen) atoms. The van der Waals surface area contributed by atoms with Crippen LogP contribution >= 0.6 is 0 Å². The Morgan fingerprint density at radius 2 is 0.396 bits per heavy atom. The molecule has 0 spiro atoms. The zero-order valence-corrected chi connectivity index (χ0v) is 73.8. The third-order valence-electron chi connectivity index (χ3n) is 22.5. The lowest BCUT2D eigenvalue weighted by atomic mass is 10.1. The molecule has 1 aromatic heterocycles. The highest BCUT2D eigenvalue weighted by atomic mass is 16.5. The maximum absolute atomic E-state index is 6.92. The second-order valence-corrected chi connectivity index (χ2v) is 33.3. The standard InChI is InChI=1S/C100H175N5O6/c1-8-14-20-26-32-38-44-50-56-62-68-78-106-92-84-90(85-93(107-79-69-63-57-51-45-39-33-27-21-15-9-2)96(92)110-82-72-66-60-54-48-42-36-30-24-18-12-5)101-99-103-98(89-76-74-88(7)75-77-89)104-100(105-99)102-91-86-94(108-80-70-64-58-52-46-40-34-28-22-16-10-3)97(111-83-73-67-61-55-49-43-37-31-25-19-13-6)95(87-91)109-81-71-65-59-53-47-41-35-29-23-17-11-4/h74-77,84-87H,8-73,78-83H2,1-7H3,(H2,101,102,103,104,105). The molecule has 0 atom stereocenters. The van der Waals surface area contributed by atoms with E-state index < -0.39 is 0 Å². The molecule has 0 saturated heterocycles. The smallest absolute Gasteiger partial charge is 0.232 e. The first-order valence-corrected chi connectivity index (χ1v) is 48.4. The van der Waals surface area contributed by atoms with Crippen LogP contribution in [0.4, 0.5) is 23.3 Å². The topological polar surface area (TPSA) is 118 Å². The van der Waals surface area contributed by atoms with Crippen LogP contribution in [0.3, 0.4) is 0 Å². The van der Waals surface area contributed by atoms with Crippen molar-refractivity contribution in [3.05, 3.63) is 54.1 Å². The Kier molecular flexibility index (Phi) is 64.5. The molecule has 0 aliphatic heterocycles. The molecule has 11 nitrogen and oxygen atoms in total. The number of unbranched alkanes of at least 4 members (excludes halogenated alkanes) is 60. The molecule has 2 N–H and O–H groups in total. The molecule has 0 aliphatic rings. The largest absolute Gasteiger partial charge is 0.489 e. The van der Waals surface area contributed by atoms with Crippen LogP contribution < -0.4 is 39.1 Å². The number of nitrogens with zero attached hydrogens (tertiary/aromatic N) is 3. The van der Waals surface area contributed by atoms with Gasteiger partial charge in [-0.25, -0.2) is 0 Å². The van der Waals surface area contributed by atoms with E-state index in [0.717, 1.165) is 94.0 Å². The van der Waals surface area contributed by atoms with Crippen LogP contribution in [0.1, 0.15) is 471 Å². The number of aromatic nitrogens is 3. The summed E-state index contributed by atoms with van der Waals surface area (Å²) in [6.45, 7) is 19.6. The monoisotopic (exact) mass is 1540 g/mol. The Balaban J connectivity index is 1.72. The quantitative estimate of drug-likeness (QED) is 0.0412. The van der Waals surface area contributed by atoms with E-state index >= 15 is 0 Å². The van der Waals surface area contributed by atoms with Gasteiger partial charge < -0.3 is 39.1 Å². The van der Waals surface area contributed by atoms with Gasteiger partial charge in [0.15, 0.2) is 28.8 Å². The summed E-state index contributed by atoms with van der Waals surface area (Å²) in [7, 11) is 0. The van der Waals surface area contributed by atoms with Crippen molar-refractivity contribution in [1.29, 1.82) is 0 Å². The molecule has 0 bridgehead atoms. The first kappa shape index (κ1) is 98.4. The maximum Gasteiger partial charge on any atom is 0.232 e. The lowest BCUT2D eigenvalue weighted by molar-refractivity contribution is 0.234. The van der Waals surface area contributed by atoms with Gasteiger partial charge in [-0.2, -0.15) is 15.0 Å². The Bertz CT molecular complexity index is 2450. The van der Waals surface area contributed by atoms with Crippen LogP contribution in [0.2, 0.25) is 0 Å². The number of aryl methyl sites for hydroxylation is 1. The van der Waals surface area contributed by atoms with Crippen molar-refractivity contribution in [3.8, 4) is 45.9 Å². The number of hydrogen-bond acceptors (Lipinski definition) is 11. The van der Waals surface area contributed by atoms with Crippen molar-refractivity contribution in [2.24, 2.45) is 0 Å².